The summed E-state index contributed by atoms with van der Waals surface area (Å²) in [7, 11) is 1.60. The fraction of sp³-hybridized carbons (Fsp3) is 0.231. The van der Waals surface area contributed by atoms with Crippen molar-refractivity contribution in [2.75, 3.05) is 25.0 Å². The third kappa shape index (κ3) is 4.13. The van der Waals surface area contributed by atoms with Crippen LogP contribution in [0.2, 0.25) is 10.0 Å². The maximum atomic E-state index is 14.2. The number of carboxylic acids is 1. The number of carbonyl (C=O) groups excluding carboxylic acids is 2. The zero-order chi connectivity index (χ0) is 26.5. The minimum Gasteiger partial charge on any atom is -0.477 e. The lowest BCUT2D eigenvalue weighted by Crippen LogP contribution is -2.53. The van der Waals surface area contributed by atoms with E-state index in [2.05, 4.69) is 11.1 Å². The van der Waals surface area contributed by atoms with Crippen molar-refractivity contribution >= 4 is 46.8 Å². The Morgan fingerprint density at radius 2 is 1.81 bits per heavy atom. The van der Waals surface area contributed by atoms with Crippen LogP contribution in [0.5, 0.6) is 0 Å². The summed E-state index contributed by atoms with van der Waals surface area (Å²) in [6.07, 6.45) is 0. The van der Waals surface area contributed by atoms with Gasteiger partial charge in [0.05, 0.1) is 17.3 Å². The summed E-state index contributed by atoms with van der Waals surface area (Å²) in [5.74, 6) is -1.89. The van der Waals surface area contributed by atoms with Gasteiger partial charge in [-0.1, -0.05) is 35.3 Å². The predicted molar refractivity (Wildman–Crippen MR) is 137 cm³/mol. The van der Waals surface area contributed by atoms with Crippen LogP contribution in [-0.4, -0.2) is 63.5 Å². The number of halogens is 2. The zero-order valence-corrected chi connectivity index (χ0v) is 21.1. The van der Waals surface area contributed by atoms with Crippen LogP contribution in [0.3, 0.4) is 0 Å². The monoisotopic (exact) mass is 537 g/mol. The summed E-state index contributed by atoms with van der Waals surface area (Å²) in [4.78, 5) is 46.5. The summed E-state index contributed by atoms with van der Waals surface area (Å²) in [6.45, 7) is 0.978. The molecule has 5 rings (SSSR count). The molecule has 1 aromatic heterocycles. The lowest BCUT2D eigenvalue weighted by Gasteiger charge is -2.34. The molecule has 2 aliphatic rings. The molecule has 2 aromatic carbocycles. The largest absolute Gasteiger partial charge is 0.477 e. The molecule has 2 atom stereocenters. The Morgan fingerprint density at radius 3 is 2.41 bits per heavy atom. The molecular weight excluding hydrogens is 517 g/mol. The number of benzene rings is 2. The second-order valence-corrected chi connectivity index (χ2v) is 10.1. The molecule has 3 heterocycles. The fourth-order valence-corrected chi connectivity index (χ4v) is 5.83. The number of aromatic nitrogens is 1. The molecule has 2 N–H and O–H groups in total. The van der Waals surface area contributed by atoms with Crippen molar-refractivity contribution in [1.29, 1.82) is 5.26 Å². The summed E-state index contributed by atoms with van der Waals surface area (Å²) >= 11 is 12.4. The first-order valence-electron chi connectivity index (χ1n) is 11.4. The van der Waals surface area contributed by atoms with E-state index in [-0.39, 0.29) is 17.9 Å². The average molecular weight is 538 g/mol. The van der Waals surface area contributed by atoms with Gasteiger partial charge in [-0.05, 0) is 48.0 Å². The number of urea groups is 1. The van der Waals surface area contributed by atoms with Gasteiger partial charge in [0.25, 0.3) is 5.91 Å². The standard InChI is InChI=1S/C26H21Cl2N5O4/c1-31-25(37)33(20-9-17(27)8-18(28)10-20)24(36)26(31)14-32(12-19-6-7-22(30-19)23(34)35)13-21(26)16-4-2-15(11-29)3-5-16/h2-10,21,30H,12-14H2,1H3,(H,34,35)/t21-,26-/m1/s1. The number of hydrogen-bond acceptors (Lipinski definition) is 5. The number of likely N-dealkylation sites (tertiary alicyclic amines) is 1. The van der Waals surface area contributed by atoms with Crippen molar-refractivity contribution in [3.8, 4) is 6.07 Å². The molecule has 2 aliphatic heterocycles. The Balaban J connectivity index is 1.56. The van der Waals surface area contributed by atoms with Gasteiger partial charge in [-0.2, -0.15) is 5.26 Å². The summed E-state index contributed by atoms with van der Waals surface area (Å²) < 4.78 is 0. The molecule has 2 saturated heterocycles. The summed E-state index contributed by atoms with van der Waals surface area (Å²) in [6, 6.07) is 16.3. The molecule has 3 amide bonds. The number of amides is 3. The molecule has 188 valence electrons. The van der Waals surface area contributed by atoms with Gasteiger partial charge in [-0.15, -0.1) is 0 Å². The first-order chi connectivity index (χ1) is 17.6. The van der Waals surface area contributed by atoms with Crippen LogP contribution in [0.25, 0.3) is 0 Å². The molecule has 1 spiro atoms. The number of nitrogens with zero attached hydrogens (tertiary/aromatic N) is 4. The molecule has 0 bridgehead atoms. The SMILES string of the molecule is CN1C(=O)N(c2cc(Cl)cc(Cl)c2)C(=O)[C@]12CN(Cc1ccc(C(=O)O)[nH]1)C[C@@H]2c1ccc(C#N)cc1. The van der Waals surface area contributed by atoms with Crippen LogP contribution in [0.4, 0.5) is 10.5 Å². The van der Waals surface area contributed by atoms with Crippen molar-refractivity contribution in [2.24, 2.45) is 0 Å². The van der Waals surface area contributed by atoms with Gasteiger partial charge >= 0.3 is 12.0 Å². The Labute approximate surface area is 222 Å². The number of carbonyl (C=O) groups is 3. The van der Waals surface area contributed by atoms with Crippen LogP contribution in [0.1, 0.15) is 33.2 Å². The highest BCUT2D eigenvalue weighted by molar-refractivity contribution is 6.35. The second-order valence-electron chi connectivity index (χ2n) is 9.19. The molecule has 11 heteroatoms. The summed E-state index contributed by atoms with van der Waals surface area (Å²) in [5, 5.41) is 19.1. The van der Waals surface area contributed by atoms with Gasteiger partial charge in [0, 0.05) is 48.3 Å². The first kappa shape index (κ1) is 24.8. The van der Waals surface area contributed by atoms with Crippen molar-refractivity contribution < 1.29 is 19.5 Å². The molecule has 0 radical (unpaired) electrons. The highest BCUT2D eigenvalue weighted by atomic mass is 35.5. The highest BCUT2D eigenvalue weighted by Crippen LogP contribution is 2.47. The maximum absolute atomic E-state index is 14.2. The van der Waals surface area contributed by atoms with E-state index in [1.807, 2.05) is 4.90 Å². The third-order valence-corrected chi connectivity index (χ3v) is 7.49. The molecule has 9 nitrogen and oxygen atoms in total. The van der Waals surface area contributed by atoms with Gasteiger partial charge in [-0.25, -0.2) is 14.5 Å². The molecule has 37 heavy (non-hydrogen) atoms. The lowest BCUT2D eigenvalue weighted by molar-refractivity contribution is -0.124. The van der Waals surface area contributed by atoms with Gasteiger partial charge in [-0.3, -0.25) is 9.69 Å². The number of nitriles is 1. The quantitative estimate of drug-likeness (QED) is 0.467. The molecule has 0 saturated carbocycles. The van der Waals surface area contributed by atoms with E-state index in [0.717, 1.165) is 10.5 Å². The fourth-order valence-electron chi connectivity index (χ4n) is 5.31. The smallest absolute Gasteiger partial charge is 0.352 e. The van der Waals surface area contributed by atoms with Crippen LogP contribution in [0, 0.1) is 11.3 Å². The number of imide groups is 1. The normalized spacial score (nSPS) is 21.7. The van der Waals surface area contributed by atoms with E-state index < -0.39 is 29.4 Å². The topological polar surface area (TPSA) is 121 Å². The Bertz CT molecular complexity index is 1440. The molecule has 0 unspecified atom stereocenters. The molecule has 3 aromatic rings. The number of anilines is 1. The number of rotatable bonds is 5. The van der Waals surface area contributed by atoms with Gasteiger partial charge in [0.1, 0.15) is 11.2 Å². The molecule has 2 fully saturated rings. The second kappa shape index (κ2) is 9.23. The van der Waals surface area contributed by atoms with Crippen LogP contribution in [0.15, 0.2) is 54.6 Å². The molecule has 0 aliphatic carbocycles. The first-order valence-corrected chi connectivity index (χ1v) is 12.1. The van der Waals surface area contributed by atoms with Crippen LogP contribution < -0.4 is 4.90 Å². The number of hydrogen-bond donors (Lipinski definition) is 2. The lowest BCUT2D eigenvalue weighted by atomic mass is 9.80. The van der Waals surface area contributed by atoms with Gasteiger partial charge in [0.15, 0.2) is 0 Å². The van der Waals surface area contributed by atoms with E-state index >= 15 is 0 Å². The number of aromatic carboxylic acids is 1. The summed E-state index contributed by atoms with van der Waals surface area (Å²) in [5.41, 5.74) is 1.06. The Hall–Kier alpha value is -3.84. The van der Waals surface area contributed by atoms with Crippen molar-refractivity contribution in [3.63, 3.8) is 0 Å². The number of H-pyrrole nitrogens is 1. The molecular formula is C26H21Cl2N5O4. The average Bonchev–Trinajstić information content (AvgIpc) is 3.53. The minimum absolute atomic E-state index is 0.0702. The van der Waals surface area contributed by atoms with Crippen LogP contribution >= 0.6 is 23.2 Å². The number of likely N-dealkylation sites (N-methyl/N-ethyl adjacent to an activating group) is 1. The van der Waals surface area contributed by atoms with Crippen LogP contribution in [-0.2, 0) is 11.3 Å². The zero-order valence-electron chi connectivity index (χ0n) is 19.6. The Morgan fingerprint density at radius 1 is 1.14 bits per heavy atom. The maximum Gasteiger partial charge on any atom is 0.352 e. The number of nitrogens with one attached hydrogen (secondary N) is 1. The van der Waals surface area contributed by atoms with E-state index in [0.29, 0.717) is 34.4 Å². The van der Waals surface area contributed by atoms with Gasteiger partial charge in [0.2, 0.25) is 0 Å². The van der Waals surface area contributed by atoms with E-state index in [4.69, 9.17) is 23.2 Å². The third-order valence-electron chi connectivity index (χ3n) is 7.05. The van der Waals surface area contributed by atoms with Crippen molar-refractivity contribution in [1.82, 2.24) is 14.8 Å². The van der Waals surface area contributed by atoms with Crippen molar-refractivity contribution in [2.45, 2.75) is 18.0 Å². The number of carboxylic acid groups (broad SMARTS) is 1. The van der Waals surface area contributed by atoms with E-state index in [9.17, 15) is 24.8 Å². The minimum atomic E-state index is -1.25. The number of aromatic amines is 1. The highest BCUT2D eigenvalue weighted by Gasteiger charge is 2.64. The van der Waals surface area contributed by atoms with Gasteiger partial charge < -0.3 is 15.0 Å². The van der Waals surface area contributed by atoms with E-state index in [1.54, 1.807) is 37.4 Å². The predicted octanol–water partition coefficient (Wildman–Crippen LogP) is 4.33. The van der Waals surface area contributed by atoms with E-state index in [1.165, 1.54) is 29.2 Å². The van der Waals surface area contributed by atoms with Crippen molar-refractivity contribution in [3.05, 3.63) is 87.2 Å². The Kier molecular flexibility index (Phi) is 6.20.